The van der Waals surface area contributed by atoms with Crippen LogP contribution in [-0.2, 0) is 60.1 Å². The Labute approximate surface area is 274 Å². The number of hydrogen-bond acceptors (Lipinski definition) is 12. The molecule has 15 nitrogen and oxygen atoms in total. The third kappa shape index (κ3) is 15.5. The average molecular weight is 981 g/mol. The van der Waals surface area contributed by atoms with Crippen molar-refractivity contribution in [1.82, 2.24) is 0 Å². The van der Waals surface area contributed by atoms with Crippen molar-refractivity contribution in [2.45, 2.75) is 33.0 Å². The van der Waals surface area contributed by atoms with Gasteiger partial charge in [-0.05, 0) is 0 Å². The first kappa shape index (κ1) is 52.5. The Balaban J connectivity index is -0.000000285. The van der Waals surface area contributed by atoms with Crippen LogP contribution in [0.15, 0.2) is 0 Å². The minimum atomic E-state index is -6.72. The summed E-state index contributed by atoms with van der Waals surface area (Å²) in [6, 6.07) is 0. The maximum Gasteiger partial charge on any atom is 3.00 e. The Morgan fingerprint density at radius 1 is 0.239 bits per heavy atom. The van der Waals surface area contributed by atoms with Crippen LogP contribution < -0.4 is 0 Å². The van der Waals surface area contributed by atoms with Crippen molar-refractivity contribution in [2.75, 3.05) is 0 Å². The third-order valence-corrected chi connectivity index (χ3v) is 10.6. The van der Waals surface area contributed by atoms with E-state index >= 15 is 0 Å². The summed E-state index contributed by atoms with van der Waals surface area (Å²) in [4.78, 5) is 0. The molecule has 0 saturated carbocycles. The van der Waals surface area contributed by atoms with Crippen LogP contribution in [0.25, 0.3) is 12.4 Å². The molecule has 276 valence electrons. The molecule has 0 aliphatic carbocycles. The van der Waals surface area contributed by atoms with Gasteiger partial charge in [0.15, 0.2) is 60.1 Å². The summed E-state index contributed by atoms with van der Waals surface area (Å²) in [6.45, 7) is 0. The van der Waals surface area contributed by atoms with E-state index in [0.717, 1.165) is 12.4 Å². The first-order valence-corrected chi connectivity index (χ1v) is 16.4. The molecular formula is C6F18N3O12PrS6. The Hall–Kier alpha value is -0.316. The van der Waals surface area contributed by atoms with Gasteiger partial charge >= 0.3 is 74.3 Å². The molecule has 0 heterocycles. The van der Waals surface area contributed by atoms with Gasteiger partial charge in [-0.25, -0.2) is 50.5 Å². The Kier molecular flexibility index (Phi) is 17.4. The van der Waals surface area contributed by atoms with E-state index in [1.165, 1.54) is 0 Å². The van der Waals surface area contributed by atoms with Crippen molar-refractivity contribution in [1.29, 1.82) is 0 Å². The molecule has 0 N–H and O–H groups in total. The van der Waals surface area contributed by atoms with E-state index in [0.29, 0.717) is 0 Å². The van der Waals surface area contributed by atoms with Gasteiger partial charge in [0.1, 0.15) is 0 Å². The Morgan fingerprint density at radius 2 is 0.304 bits per heavy atom. The summed E-state index contributed by atoms with van der Waals surface area (Å²) >= 11 is 0. The fraction of sp³-hybridized carbons (Fsp3) is 1.00. The monoisotopic (exact) mass is 981 g/mol. The van der Waals surface area contributed by atoms with Gasteiger partial charge in [0.25, 0.3) is 0 Å². The predicted molar refractivity (Wildman–Crippen MR) is 99.9 cm³/mol. The van der Waals surface area contributed by atoms with E-state index in [-0.39, 0.29) is 41.3 Å². The zero-order valence-electron chi connectivity index (χ0n) is 19.1. The van der Waals surface area contributed by atoms with Crippen LogP contribution in [0.1, 0.15) is 0 Å². The normalized spacial score (nSPS) is 15.0. The van der Waals surface area contributed by atoms with Gasteiger partial charge in [-0.3, -0.25) is 0 Å². The number of rotatable bonds is 6. The van der Waals surface area contributed by atoms with E-state index in [4.69, 9.17) is 0 Å². The molecule has 0 saturated heterocycles. The smallest absolute Gasteiger partial charge is 0.421 e. The second kappa shape index (κ2) is 15.3. The van der Waals surface area contributed by atoms with Crippen LogP contribution in [-0.4, -0.2) is 83.6 Å². The molecule has 0 fully saturated rings. The number of halogens is 18. The van der Waals surface area contributed by atoms with Crippen molar-refractivity contribution < 1.29 is 171 Å². The van der Waals surface area contributed by atoms with Crippen molar-refractivity contribution in [2.24, 2.45) is 0 Å². The number of alkyl halides is 18. The van der Waals surface area contributed by atoms with Crippen molar-refractivity contribution in [3.8, 4) is 0 Å². The first-order chi connectivity index (χ1) is 18.6. The maximum absolute atomic E-state index is 11.4. The van der Waals surface area contributed by atoms with Crippen molar-refractivity contribution in [3.63, 3.8) is 0 Å². The second-order valence-electron chi connectivity index (χ2n) is 5.75. The second-order valence-corrected chi connectivity index (χ2v) is 16.0. The zero-order valence-corrected chi connectivity index (χ0v) is 27.7. The molecule has 0 aromatic carbocycles. The number of hydrogen-bond donors (Lipinski definition) is 0. The van der Waals surface area contributed by atoms with Crippen molar-refractivity contribution in [3.05, 3.63) is 12.4 Å². The molecule has 40 heteroatoms. The predicted octanol–water partition coefficient (Wildman–Crippen LogP) is 3.18. The summed E-state index contributed by atoms with van der Waals surface area (Å²) in [5.74, 6) is 0. The van der Waals surface area contributed by atoms with Crippen LogP contribution in [0.4, 0.5) is 79.0 Å². The molecule has 0 spiro atoms. The van der Waals surface area contributed by atoms with Gasteiger partial charge in [-0.1, -0.05) is 0 Å². The average Bonchev–Trinajstić information content (AvgIpc) is 2.61. The molecule has 0 atom stereocenters. The zero-order chi connectivity index (χ0) is 38.1. The van der Waals surface area contributed by atoms with Crippen LogP contribution in [0.3, 0.4) is 0 Å². The van der Waals surface area contributed by atoms with Gasteiger partial charge in [0.05, 0.1) is 0 Å². The molecule has 0 aliphatic rings. The van der Waals surface area contributed by atoms with Gasteiger partial charge in [-0.2, -0.15) is 79.0 Å². The quantitative estimate of drug-likeness (QED) is 0.349. The molecule has 0 bridgehead atoms. The van der Waals surface area contributed by atoms with E-state index < -0.39 is 93.2 Å². The van der Waals surface area contributed by atoms with E-state index in [9.17, 15) is 130 Å². The molecule has 0 radical (unpaired) electrons. The van der Waals surface area contributed by atoms with Crippen LogP contribution in [0, 0.1) is 41.3 Å². The minimum Gasteiger partial charge on any atom is -0.421 e. The summed E-state index contributed by atoms with van der Waals surface area (Å²) in [6.07, 6.45) is 0. The molecule has 0 aromatic heterocycles. The molecule has 0 amide bonds. The van der Waals surface area contributed by atoms with E-state index in [1.54, 1.807) is 0 Å². The van der Waals surface area contributed by atoms with Crippen LogP contribution in [0.5, 0.6) is 0 Å². The fourth-order valence-corrected chi connectivity index (χ4v) is 5.77. The third-order valence-electron chi connectivity index (χ3n) is 2.34. The van der Waals surface area contributed by atoms with Gasteiger partial charge in [0.2, 0.25) is 0 Å². The van der Waals surface area contributed by atoms with Gasteiger partial charge < -0.3 is 12.4 Å². The van der Waals surface area contributed by atoms with Gasteiger partial charge in [0, 0.05) is 0 Å². The largest absolute Gasteiger partial charge is 3.00 e. The van der Waals surface area contributed by atoms with Crippen LogP contribution >= 0.6 is 0 Å². The molecule has 0 aromatic rings. The molecule has 0 unspecified atom stereocenters. The first-order valence-electron chi connectivity index (χ1n) is 7.72. The SMILES string of the molecule is O=S(=O)([N-]S(=O)(=O)C(F)(F)F)C(F)(F)F.O=S(=O)([N-]S(=O)(=O)C(F)(F)F)C(F)(F)F.O=S(=O)([N-]S(=O)(=O)C(F)(F)F)C(F)(F)F.[Pr+3]. The Morgan fingerprint density at radius 3 is 0.348 bits per heavy atom. The summed E-state index contributed by atoms with van der Waals surface area (Å²) in [7, 11) is -40.3. The number of sulfonamides is 6. The fourth-order valence-electron chi connectivity index (χ4n) is 0.641. The molecule has 46 heavy (non-hydrogen) atoms. The topological polar surface area (TPSA) is 247 Å². The maximum atomic E-state index is 11.4. The van der Waals surface area contributed by atoms with Gasteiger partial charge in [-0.15, -0.1) is 0 Å². The summed E-state index contributed by atoms with van der Waals surface area (Å²) < 4.78 is 328. The standard InChI is InChI=1S/3C2F6NO4S2.Pr/c3*3-1(4,5)14(10,11)9-15(12,13)2(6,7)8;/q3*-1;+3. The minimum absolute atomic E-state index is 0. The molecule has 0 aliphatic heterocycles. The van der Waals surface area contributed by atoms with E-state index in [1.807, 2.05) is 0 Å². The van der Waals surface area contributed by atoms with Crippen LogP contribution in [0.2, 0.25) is 0 Å². The number of nitrogens with zero attached hydrogens (tertiary/aromatic N) is 3. The van der Waals surface area contributed by atoms with Crippen molar-refractivity contribution >= 4 is 60.1 Å². The molecule has 0 rings (SSSR count). The molecular weight excluding hydrogens is 981 g/mol. The summed E-state index contributed by atoms with van der Waals surface area (Å²) in [5, 5.41) is 0. The summed E-state index contributed by atoms with van der Waals surface area (Å²) in [5.41, 5.74) is -37.2. The van der Waals surface area contributed by atoms with E-state index in [2.05, 4.69) is 0 Å². The Bertz CT molecular complexity index is 1370.